The van der Waals surface area contributed by atoms with Gasteiger partial charge in [0.1, 0.15) is 6.54 Å². The van der Waals surface area contributed by atoms with Gasteiger partial charge in [0.2, 0.25) is 5.91 Å². The molecule has 1 aliphatic heterocycles. The van der Waals surface area contributed by atoms with Gasteiger partial charge in [-0.2, -0.15) is 0 Å². The summed E-state index contributed by atoms with van der Waals surface area (Å²) in [6.45, 7) is 2.61. The molecule has 1 aromatic heterocycles. The average Bonchev–Trinajstić information content (AvgIpc) is 2.83. The van der Waals surface area contributed by atoms with E-state index in [1.807, 2.05) is 11.9 Å². The molecule has 1 N–H and O–H groups in total. The van der Waals surface area contributed by atoms with Gasteiger partial charge in [-0.1, -0.05) is 0 Å². The highest BCUT2D eigenvalue weighted by atomic mass is 79.9. The monoisotopic (exact) mass is 363 g/mol. The average molecular weight is 365 g/mol. The molecule has 1 unspecified atom stereocenters. The lowest BCUT2D eigenvalue weighted by atomic mass is 10.1. The van der Waals surface area contributed by atoms with Crippen molar-refractivity contribution in [3.8, 4) is 0 Å². The van der Waals surface area contributed by atoms with E-state index in [-0.39, 0.29) is 30.4 Å². The molecule has 0 radical (unpaired) electrons. The van der Waals surface area contributed by atoms with Crippen LogP contribution in [-0.4, -0.2) is 42.1 Å². The van der Waals surface area contributed by atoms with Gasteiger partial charge >= 0.3 is 0 Å². The quantitative estimate of drug-likeness (QED) is 0.870. The minimum Gasteiger partial charge on any atom is -0.341 e. The zero-order valence-corrected chi connectivity index (χ0v) is 13.7. The van der Waals surface area contributed by atoms with Gasteiger partial charge in [0, 0.05) is 29.8 Å². The maximum absolute atomic E-state index is 12.2. The van der Waals surface area contributed by atoms with E-state index in [1.165, 1.54) is 10.6 Å². The van der Waals surface area contributed by atoms with Gasteiger partial charge in [0.15, 0.2) is 0 Å². The van der Waals surface area contributed by atoms with Crippen LogP contribution in [-0.2, 0) is 11.3 Å². The Balaban J connectivity index is 0.00000200. The van der Waals surface area contributed by atoms with Gasteiger partial charge in [0.25, 0.3) is 5.56 Å². The number of carbonyl (C=O) groups is 1. The molecule has 7 heteroatoms. The summed E-state index contributed by atoms with van der Waals surface area (Å²) >= 11 is 3.31. The minimum atomic E-state index is -0.150. The lowest BCUT2D eigenvalue weighted by Crippen LogP contribution is -2.35. The molecule has 2 rings (SSSR count). The van der Waals surface area contributed by atoms with Crippen LogP contribution in [0.15, 0.2) is 27.6 Å². The van der Waals surface area contributed by atoms with Crippen molar-refractivity contribution >= 4 is 34.2 Å². The number of amides is 1. The lowest BCUT2D eigenvalue weighted by molar-refractivity contribution is -0.130. The van der Waals surface area contributed by atoms with Crippen LogP contribution in [0.4, 0.5) is 0 Å². The fraction of sp³-hybridized carbons (Fsp3) is 0.538. The largest absolute Gasteiger partial charge is 0.341 e. The van der Waals surface area contributed by atoms with Crippen molar-refractivity contribution in [3.63, 3.8) is 0 Å². The first-order valence-electron chi connectivity index (χ1n) is 6.38. The maximum atomic E-state index is 12.2. The van der Waals surface area contributed by atoms with E-state index in [0.717, 1.165) is 30.5 Å². The molecule has 1 aliphatic rings. The Bertz CT molecular complexity index is 521. The first-order valence-corrected chi connectivity index (χ1v) is 7.18. The highest BCUT2D eigenvalue weighted by Crippen LogP contribution is 2.15. The van der Waals surface area contributed by atoms with Crippen LogP contribution < -0.4 is 10.9 Å². The molecule has 5 nitrogen and oxygen atoms in total. The van der Waals surface area contributed by atoms with Gasteiger partial charge in [-0.3, -0.25) is 9.59 Å². The van der Waals surface area contributed by atoms with E-state index < -0.39 is 0 Å². The summed E-state index contributed by atoms with van der Waals surface area (Å²) in [6, 6.07) is 3.15. The van der Waals surface area contributed by atoms with Crippen molar-refractivity contribution in [1.29, 1.82) is 0 Å². The number of nitrogens with zero attached hydrogens (tertiary/aromatic N) is 2. The van der Waals surface area contributed by atoms with Gasteiger partial charge in [-0.25, -0.2) is 0 Å². The second kappa shape index (κ2) is 7.81. The van der Waals surface area contributed by atoms with Gasteiger partial charge in [-0.05, 0) is 47.9 Å². The fourth-order valence-electron chi connectivity index (χ4n) is 2.39. The Morgan fingerprint density at radius 3 is 2.95 bits per heavy atom. The second-order valence-electron chi connectivity index (χ2n) is 4.87. The van der Waals surface area contributed by atoms with Crippen LogP contribution in [0.3, 0.4) is 0 Å². The lowest BCUT2D eigenvalue weighted by Gasteiger charge is -2.17. The second-order valence-corrected chi connectivity index (χ2v) is 5.78. The van der Waals surface area contributed by atoms with E-state index in [2.05, 4.69) is 21.2 Å². The Kier molecular flexibility index (Phi) is 6.71. The van der Waals surface area contributed by atoms with E-state index in [1.54, 1.807) is 12.3 Å². The van der Waals surface area contributed by atoms with Crippen molar-refractivity contribution in [2.45, 2.75) is 13.0 Å². The number of likely N-dealkylation sites (tertiary alicyclic amines) is 1. The Morgan fingerprint density at radius 2 is 2.25 bits per heavy atom. The number of aromatic nitrogens is 1. The number of hydrogen-bond acceptors (Lipinski definition) is 3. The van der Waals surface area contributed by atoms with Crippen LogP contribution >= 0.6 is 28.3 Å². The Hall–Kier alpha value is -0.850. The van der Waals surface area contributed by atoms with Gasteiger partial charge < -0.3 is 14.8 Å². The summed E-state index contributed by atoms with van der Waals surface area (Å²) in [7, 11) is 1.92. The smallest absolute Gasteiger partial charge is 0.251 e. The van der Waals surface area contributed by atoms with E-state index in [4.69, 9.17) is 0 Å². The standard InChI is InChI=1S/C13H18BrN3O2.ClH/c1-15-6-10-4-5-16(7-10)13(19)9-17-8-11(14)2-3-12(17)18;/h2-3,8,10,15H,4-7,9H2,1H3;1H. The summed E-state index contributed by atoms with van der Waals surface area (Å²) in [5, 5.41) is 3.14. The van der Waals surface area contributed by atoms with Crippen LogP contribution in [0.25, 0.3) is 0 Å². The molecule has 1 saturated heterocycles. The third-order valence-corrected chi connectivity index (χ3v) is 3.85. The zero-order chi connectivity index (χ0) is 13.8. The van der Waals surface area contributed by atoms with Gasteiger partial charge in [0.05, 0.1) is 0 Å². The third-order valence-electron chi connectivity index (χ3n) is 3.38. The highest BCUT2D eigenvalue weighted by molar-refractivity contribution is 9.10. The molecular weight excluding hydrogens is 346 g/mol. The first-order chi connectivity index (χ1) is 9.10. The number of pyridine rings is 1. The fourth-order valence-corrected chi connectivity index (χ4v) is 2.77. The molecule has 1 aromatic rings. The van der Waals surface area contributed by atoms with E-state index in [0.29, 0.717) is 5.92 Å². The van der Waals surface area contributed by atoms with E-state index >= 15 is 0 Å². The van der Waals surface area contributed by atoms with Crippen molar-refractivity contribution in [2.24, 2.45) is 5.92 Å². The predicted octanol–water partition coefficient (Wildman–Crippen LogP) is 1.10. The predicted molar refractivity (Wildman–Crippen MR) is 84.3 cm³/mol. The SMILES string of the molecule is CNCC1CCN(C(=O)Cn2cc(Br)ccc2=O)C1.Cl. The molecule has 2 heterocycles. The van der Waals surface area contributed by atoms with Crippen molar-refractivity contribution in [1.82, 2.24) is 14.8 Å². The highest BCUT2D eigenvalue weighted by Gasteiger charge is 2.25. The third kappa shape index (κ3) is 4.33. The van der Waals surface area contributed by atoms with Crippen LogP contribution in [0.2, 0.25) is 0 Å². The molecule has 1 amide bonds. The first kappa shape index (κ1) is 17.2. The summed E-state index contributed by atoms with van der Waals surface area (Å²) < 4.78 is 2.24. The summed E-state index contributed by atoms with van der Waals surface area (Å²) in [5.41, 5.74) is -0.150. The van der Waals surface area contributed by atoms with Crippen LogP contribution in [0.1, 0.15) is 6.42 Å². The molecule has 1 atom stereocenters. The van der Waals surface area contributed by atoms with Crippen LogP contribution in [0, 0.1) is 5.92 Å². The zero-order valence-electron chi connectivity index (χ0n) is 11.3. The number of carbonyl (C=O) groups excluding carboxylic acids is 1. The summed E-state index contributed by atoms with van der Waals surface area (Å²) in [4.78, 5) is 25.7. The molecule has 112 valence electrons. The molecule has 0 aromatic carbocycles. The van der Waals surface area contributed by atoms with Crippen molar-refractivity contribution in [3.05, 3.63) is 33.2 Å². The molecular formula is C13H19BrClN3O2. The minimum absolute atomic E-state index is 0. The number of rotatable bonds is 4. The molecule has 0 bridgehead atoms. The van der Waals surface area contributed by atoms with E-state index in [9.17, 15) is 9.59 Å². The van der Waals surface area contributed by atoms with Crippen LogP contribution in [0.5, 0.6) is 0 Å². The Labute approximate surface area is 132 Å². The topological polar surface area (TPSA) is 54.3 Å². The number of nitrogens with one attached hydrogen (secondary N) is 1. The van der Waals surface area contributed by atoms with Crippen molar-refractivity contribution in [2.75, 3.05) is 26.7 Å². The summed E-state index contributed by atoms with van der Waals surface area (Å²) in [5.74, 6) is 0.534. The molecule has 20 heavy (non-hydrogen) atoms. The van der Waals surface area contributed by atoms with Crippen molar-refractivity contribution < 1.29 is 4.79 Å². The molecule has 0 aliphatic carbocycles. The van der Waals surface area contributed by atoms with Gasteiger partial charge in [-0.15, -0.1) is 12.4 Å². The maximum Gasteiger partial charge on any atom is 0.251 e. The summed E-state index contributed by atoms with van der Waals surface area (Å²) in [6.07, 6.45) is 2.68. The molecule has 0 spiro atoms. The normalized spacial score (nSPS) is 17.9. The number of halogens is 2. The molecule has 1 fully saturated rings. The number of hydrogen-bond donors (Lipinski definition) is 1. The molecule has 0 saturated carbocycles. The Morgan fingerprint density at radius 1 is 1.50 bits per heavy atom.